The number of amides is 1. The first-order valence-electron chi connectivity index (χ1n) is 8.42. The van der Waals surface area contributed by atoms with Crippen LogP contribution in [0.25, 0.3) is 22.5 Å². The predicted octanol–water partition coefficient (Wildman–Crippen LogP) is 3.49. The lowest BCUT2D eigenvalue weighted by atomic mass is 10.1. The summed E-state index contributed by atoms with van der Waals surface area (Å²) >= 11 is 0. The molecule has 4 aromatic rings. The molecule has 4 rings (SSSR count). The summed E-state index contributed by atoms with van der Waals surface area (Å²) in [6.45, 7) is 2.08. The highest BCUT2D eigenvalue weighted by Gasteiger charge is 2.08. The maximum atomic E-state index is 12.2. The highest BCUT2D eigenvalue weighted by atomic mass is 16.1. The van der Waals surface area contributed by atoms with Gasteiger partial charge < -0.3 is 5.32 Å². The van der Waals surface area contributed by atoms with E-state index in [1.54, 1.807) is 16.8 Å². The van der Waals surface area contributed by atoms with Crippen molar-refractivity contribution >= 4 is 34.1 Å². The number of benzene rings is 2. The Morgan fingerprint density at radius 1 is 1.15 bits per heavy atom. The van der Waals surface area contributed by atoms with Crippen molar-refractivity contribution in [1.82, 2.24) is 19.8 Å². The van der Waals surface area contributed by atoms with Gasteiger partial charge in [-0.2, -0.15) is 9.61 Å². The molecule has 2 aromatic heterocycles. The summed E-state index contributed by atoms with van der Waals surface area (Å²) in [5.74, 6) is 0.277. The minimum absolute atomic E-state index is 0.226. The second-order valence-corrected chi connectivity index (χ2v) is 5.90. The fourth-order valence-corrected chi connectivity index (χ4v) is 2.81. The smallest absolute Gasteiger partial charge is 0.248 e. The van der Waals surface area contributed by atoms with Crippen LogP contribution in [0.4, 0.5) is 5.69 Å². The molecule has 1 amide bonds. The third kappa shape index (κ3) is 3.04. The normalized spacial score (nSPS) is 11.4. The van der Waals surface area contributed by atoms with Gasteiger partial charge in [0, 0.05) is 22.5 Å². The average Bonchev–Trinajstić information content (AvgIpc) is 3.10. The van der Waals surface area contributed by atoms with Crippen LogP contribution in [-0.2, 0) is 11.2 Å². The Morgan fingerprint density at radius 2 is 2.04 bits per heavy atom. The Bertz CT molecular complexity index is 1130. The Hall–Kier alpha value is -3.54. The number of rotatable bonds is 4. The number of nitrogens with one attached hydrogen (secondary N) is 1. The third-order valence-corrected chi connectivity index (χ3v) is 4.17. The molecule has 1 N–H and O–H groups in total. The first kappa shape index (κ1) is 16.0. The number of aryl methyl sites for hydroxylation is 1. The van der Waals surface area contributed by atoms with Crippen molar-refractivity contribution in [1.29, 1.82) is 0 Å². The fraction of sp³-hybridized carbons (Fsp3) is 0.100. The van der Waals surface area contributed by atoms with Gasteiger partial charge in [0.2, 0.25) is 5.91 Å². The van der Waals surface area contributed by atoms with E-state index >= 15 is 0 Å². The van der Waals surface area contributed by atoms with Crippen LogP contribution in [0.2, 0.25) is 0 Å². The van der Waals surface area contributed by atoms with Gasteiger partial charge in [0.1, 0.15) is 0 Å². The van der Waals surface area contributed by atoms with Crippen molar-refractivity contribution in [3.8, 4) is 0 Å². The van der Waals surface area contributed by atoms with Crippen LogP contribution in [0.3, 0.4) is 0 Å². The van der Waals surface area contributed by atoms with Gasteiger partial charge in [0.15, 0.2) is 11.5 Å². The summed E-state index contributed by atoms with van der Waals surface area (Å²) in [5.41, 5.74) is 2.61. The quantitative estimate of drug-likeness (QED) is 0.576. The molecule has 0 aliphatic heterocycles. The fourth-order valence-electron chi connectivity index (χ4n) is 2.81. The lowest BCUT2D eigenvalue weighted by Gasteiger charge is -2.04. The molecule has 0 aliphatic rings. The maximum Gasteiger partial charge on any atom is 0.248 e. The van der Waals surface area contributed by atoms with Gasteiger partial charge in [-0.1, -0.05) is 43.3 Å². The monoisotopic (exact) mass is 343 g/mol. The summed E-state index contributed by atoms with van der Waals surface area (Å²) in [7, 11) is 0. The molecule has 128 valence electrons. The molecule has 6 heteroatoms. The molecule has 0 aliphatic carbocycles. The number of carbonyl (C=O) groups excluding carboxylic acids is 1. The van der Waals surface area contributed by atoms with E-state index in [1.165, 1.54) is 11.6 Å². The SMILES string of the molecule is CCc1cccc(NC(=O)/C=C/c2nnc3c4ccccc4cnn23)c1. The number of fused-ring (bicyclic) bond motifs is 3. The van der Waals surface area contributed by atoms with Gasteiger partial charge >= 0.3 is 0 Å². The summed E-state index contributed by atoms with van der Waals surface area (Å²) in [5, 5.41) is 17.5. The van der Waals surface area contributed by atoms with Gasteiger partial charge in [0.05, 0.1) is 6.20 Å². The van der Waals surface area contributed by atoms with Crippen LogP contribution in [-0.4, -0.2) is 25.7 Å². The zero-order valence-corrected chi connectivity index (χ0v) is 14.3. The highest BCUT2D eigenvalue weighted by Crippen LogP contribution is 2.17. The summed E-state index contributed by atoms with van der Waals surface area (Å²) < 4.78 is 1.63. The molecule has 26 heavy (non-hydrogen) atoms. The minimum atomic E-state index is -0.226. The zero-order chi connectivity index (χ0) is 17.9. The Morgan fingerprint density at radius 3 is 2.92 bits per heavy atom. The molecule has 2 aromatic carbocycles. The molecule has 0 saturated heterocycles. The lowest BCUT2D eigenvalue weighted by Crippen LogP contribution is -2.08. The summed E-state index contributed by atoms with van der Waals surface area (Å²) in [6, 6.07) is 15.6. The largest absolute Gasteiger partial charge is 0.323 e. The van der Waals surface area contributed by atoms with Crippen LogP contribution in [0.1, 0.15) is 18.3 Å². The Balaban J connectivity index is 1.58. The Labute approximate surface area is 150 Å². The first-order chi connectivity index (χ1) is 12.7. The van der Waals surface area contributed by atoms with E-state index in [9.17, 15) is 4.79 Å². The van der Waals surface area contributed by atoms with E-state index in [1.807, 2.05) is 48.5 Å². The van der Waals surface area contributed by atoms with Crippen molar-refractivity contribution in [3.63, 3.8) is 0 Å². The van der Waals surface area contributed by atoms with Gasteiger partial charge in [-0.3, -0.25) is 4.79 Å². The zero-order valence-electron chi connectivity index (χ0n) is 14.3. The standard InChI is InChI=1S/C20H17N5O/c1-2-14-6-5-8-16(12-14)22-19(26)11-10-18-23-24-20-17-9-4-3-7-15(17)13-21-25(18)20/h3-13H,2H2,1H3,(H,22,26)/b11-10+. The van der Waals surface area contributed by atoms with Gasteiger partial charge in [-0.25, -0.2) is 0 Å². The average molecular weight is 343 g/mol. The van der Waals surface area contributed by atoms with Crippen LogP contribution >= 0.6 is 0 Å². The number of hydrogen-bond acceptors (Lipinski definition) is 4. The van der Waals surface area contributed by atoms with Gasteiger partial charge in [-0.05, 0) is 30.2 Å². The number of nitrogens with zero attached hydrogens (tertiary/aromatic N) is 4. The predicted molar refractivity (Wildman–Crippen MR) is 102 cm³/mol. The van der Waals surface area contributed by atoms with Crippen LogP contribution < -0.4 is 5.32 Å². The second kappa shape index (κ2) is 6.76. The molecule has 0 bridgehead atoms. The van der Waals surface area contributed by atoms with E-state index in [4.69, 9.17) is 0 Å². The second-order valence-electron chi connectivity index (χ2n) is 5.90. The number of anilines is 1. The number of carbonyl (C=O) groups is 1. The molecule has 0 radical (unpaired) electrons. The molecular weight excluding hydrogens is 326 g/mol. The molecule has 2 heterocycles. The number of aromatic nitrogens is 4. The van der Waals surface area contributed by atoms with E-state index in [0.29, 0.717) is 11.5 Å². The van der Waals surface area contributed by atoms with E-state index in [2.05, 4.69) is 27.5 Å². The highest BCUT2D eigenvalue weighted by molar-refractivity contribution is 6.02. The van der Waals surface area contributed by atoms with Crippen molar-refractivity contribution in [2.24, 2.45) is 0 Å². The van der Waals surface area contributed by atoms with Gasteiger partial charge in [0.25, 0.3) is 0 Å². The molecule has 0 unspecified atom stereocenters. The molecular formula is C20H17N5O. The van der Waals surface area contributed by atoms with Crippen molar-refractivity contribution < 1.29 is 4.79 Å². The van der Waals surface area contributed by atoms with Crippen LogP contribution in [0.5, 0.6) is 0 Å². The molecule has 0 saturated carbocycles. The van der Waals surface area contributed by atoms with Gasteiger partial charge in [-0.15, -0.1) is 10.2 Å². The molecule has 6 nitrogen and oxygen atoms in total. The molecule has 0 spiro atoms. The van der Waals surface area contributed by atoms with Crippen molar-refractivity contribution in [2.75, 3.05) is 5.32 Å². The van der Waals surface area contributed by atoms with E-state index < -0.39 is 0 Å². The van der Waals surface area contributed by atoms with Crippen LogP contribution in [0, 0.1) is 0 Å². The number of hydrogen-bond donors (Lipinski definition) is 1. The Kier molecular flexibility index (Phi) is 4.15. The van der Waals surface area contributed by atoms with E-state index in [-0.39, 0.29) is 5.91 Å². The molecule has 0 atom stereocenters. The third-order valence-electron chi connectivity index (χ3n) is 4.17. The summed E-state index contributed by atoms with van der Waals surface area (Å²) in [6.07, 6.45) is 5.73. The van der Waals surface area contributed by atoms with Crippen molar-refractivity contribution in [2.45, 2.75) is 13.3 Å². The first-order valence-corrected chi connectivity index (χ1v) is 8.42. The van der Waals surface area contributed by atoms with E-state index in [0.717, 1.165) is 22.9 Å². The van der Waals surface area contributed by atoms with Crippen LogP contribution in [0.15, 0.2) is 60.8 Å². The maximum absolute atomic E-state index is 12.2. The minimum Gasteiger partial charge on any atom is -0.323 e. The molecule has 0 fully saturated rings. The van der Waals surface area contributed by atoms with Crippen molar-refractivity contribution in [3.05, 3.63) is 72.2 Å². The lowest BCUT2D eigenvalue weighted by molar-refractivity contribution is -0.111. The summed E-state index contributed by atoms with van der Waals surface area (Å²) in [4.78, 5) is 12.2. The topological polar surface area (TPSA) is 72.2 Å².